The lowest BCUT2D eigenvalue weighted by Crippen LogP contribution is -2.48. The lowest BCUT2D eigenvalue weighted by molar-refractivity contribution is 0.132. The molecule has 2 atom stereocenters. The molecular weight excluding hydrogens is 228 g/mol. The van der Waals surface area contributed by atoms with E-state index in [0.29, 0.717) is 12.5 Å². The summed E-state index contributed by atoms with van der Waals surface area (Å²) in [5.74, 6) is 0.642. The fourth-order valence-electron chi connectivity index (χ4n) is 2.72. The standard InChI is InChI=1S/C14H18N2O2/c17-13(18-9-11-4-2-1-3-5-11)16-14-8-12(14)6-7-15-10-14/h1-5,12,15H,6-10H2,(H,16,17). The van der Waals surface area contributed by atoms with Crippen molar-refractivity contribution >= 4 is 6.09 Å². The summed E-state index contributed by atoms with van der Waals surface area (Å²) in [5, 5.41) is 6.34. The summed E-state index contributed by atoms with van der Waals surface area (Å²) in [6, 6.07) is 9.74. The number of hydrogen-bond acceptors (Lipinski definition) is 3. The Kier molecular flexibility index (Phi) is 2.96. The Hall–Kier alpha value is -1.55. The molecule has 1 aliphatic heterocycles. The maximum Gasteiger partial charge on any atom is 0.407 e. The van der Waals surface area contributed by atoms with Crippen molar-refractivity contribution in [2.75, 3.05) is 13.1 Å². The Morgan fingerprint density at radius 1 is 1.44 bits per heavy atom. The summed E-state index contributed by atoms with van der Waals surface area (Å²) in [5.41, 5.74) is 0.991. The minimum atomic E-state index is -0.301. The Balaban J connectivity index is 1.48. The number of fused-ring (bicyclic) bond motifs is 1. The van der Waals surface area contributed by atoms with Gasteiger partial charge in [-0.15, -0.1) is 0 Å². The normalized spacial score (nSPS) is 29.2. The van der Waals surface area contributed by atoms with E-state index in [2.05, 4.69) is 10.6 Å². The van der Waals surface area contributed by atoms with Gasteiger partial charge in [0.15, 0.2) is 0 Å². The largest absolute Gasteiger partial charge is 0.445 e. The highest BCUT2D eigenvalue weighted by Gasteiger charge is 2.56. The molecule has 2 N–H and O–H groups in total. The molecule has 4 heteroatoms. The van der Waals surface area contributed by atoms with Crippen molar-refractivity contribution < 1.29 is 9.53 Å². The van der Waals surface area contributed by atoms with Gasteiger partial charge < -0.3 is 15.4 Å². The van der Waals surface area contributed by atoms with Crippen LogP contribution in [0.4, 0.5) is 4.79 Å². The molecule has 18 heavy (non-hydrogen) atoms. The molecular formula is C14H18N2O2. The fraction of sp³-hybridized carbons (Fsp3) is 0.500. The highest BCUT2D eigenvalue weighted by Crippen LogP contribution is 2.47. The van der Waals surface area contributed by atoms with E-state index >= 15 is 0 Å². The highest BCUT2D eigenvalue weighted by atomic mass is 16.5. The van der Waals surface area contributed by atoms with Crippen molar-refractivity contribution in [1.29, 1.82) is 0 Å². The van der Waals surface area contributed by atoms with Gasteiger partial charge in [-0.05, 0) is 30.9 Å². The molecule has 3 rings (SSSR count). The van der Waals surface area contributed by atoms with Crippen molar-refractivity contribution in [2.24, 2.45) is 5.92 Å². The van der Waals surface area contributed by atoms with Crippen molar-refractivity contribution in [2.45, 2.75) is 25.0 Å². The molecule has 1 aromatic carbocycles. The third-order valence-electron chi connectivity index (χ3n) is 3.91. The third-order valence-corrected chi connectivity index (χ3v) is 3.91. The maximum atomic E-state index is 11.8. The molecule has 1 aliphatic carbocycles. The minimum Gasteiger partial charge on any atom is -0.445 e. The predicted molar refractivity (Wildman–Crippen MR) is 68.1 cm³/mol. The van der Waals surface area contributed by atoms with Gasteiger partial charge in [0.1, 0.15) is 6.61 Å². The molecule has 2 unspecified atom stereocenters. The Morgan fingerprint density at radius 2 is 2.28 bits per heavy atom. The van der Waals surface area contributed by atoms with Crippen molar-refractivity contribution in [3.63, 3.8) is 0 Å². The topological polar surface area (TPSA) is 50.4 Å². The monoisotopic (exact) mass is 246 g/mol. The van der Waals surface area contributed by atoms with E-state index < -0.39 is 0 Å². The van der Waals surface area contributed by atoms with Crippen LogP contribution in [0.2, 0.25) is 0 Å². The smallest absolute Gasteiger partial charge is 0.407 e. The van der Waals surface area contributed by atoms with E-state index in [9.17, 15) is 4.79 Å². The summed E-state index contributed by atoms with van der Waals surface area (Å²) < 4.78 is 5.24. The molecule has 1 saturated heterocycles. The number of benzene rings is 1. The van der Waals surface area contributed by atoms with Crippen LogP contribution in [0, 0.1) is 5.92 Å². The van der Waals surface area contributed by atoms with Gasteiger partial charge in [-0.1, -0.05) is 30.3 Å². The zero-order chi connectivity index (χ0) is 12.4. The predicted octanol–water partition coefficient (Wildman–Crippen LogP) is 1.66. The molecule has 1 aromatic rings. The van der Waals surface area contributed by atoms with E-state index in [4.69, 9.17) is 4.74 Å². The van der Waals surface area contributed by atoms with Crippen molar-refractivity contribution in [3.8, 4) is 0 Å². The molecule has 0 spiro atoms. The Morgan fingerprint density at radius 3 is 3.06 bits per heavy atom. The fourth-order valence-corrected chi connectivity index (χ4v) is 2.72. The molecule has 0 radical (unpaired) electrons. The summed E-state index contributed by atoms with van der Waals surface area (Å²) in [7, 11) is 0. The lowest BCUT2D eigenvalue weighted by Gasteiger charge is -2.23. The average molecular weight is 246 g/mol. The number of ether oxygens (including phenoxy) is 1. The lowest BCUT2D eigenvalue weighted by atomic mass is 10.1. The van der Waals surface area contributed by atoms with Crippen LogP contribution in [0.25, 0.3) is 0 Å². The van der Waals surface area contributed by atoms with Crippen LogP contribution in [-0.4, -0.2) is 24.7 Å². The van der Waals surface area contributed by atoms with Crippen molar-refractivity contribution in [3.05, 3.63) is 35.9 Å². The quantitative estimate of drug-likeness (QED) is 0.853. The minimum absolute atomic E-state index is 0.0218. The number of nitrogens with one attached hydrogen (secondary N) is 2. The molecule has 0 aromatic heterocycles. The second-order valence-corrected chi connectivity index (χ2v) is 5.21. The molecule has 1 heterocycles. The summed E-state index contributed by atoms with van der Waals surface area (Å²) >= 11 is 0. The first-order valence-electron chi connectivity index (χ1n) is 6.48. The Bertz CT molecular complexity index is 435. The molecule has 2 fully saturated rings. The number of carbonyl (C=O) groups is 1. The van der Waals surface area contributed by atoms with Crippen molar-refractivity contribution in [1.82, 2.24) is 10.6 Å². The third kappa shape index (κ3) is 2.34. The summed E-state index contributed by atoms with van der Waals surface area (Å²) in [6.07, 6.45) is 1.93. The van der Waals surface area contributed by atoms with Gasteiger partial charge in [0.25, 0.3) is 0 Å². The molecule has 1 amide bonds. The zero-order valence-corrected chi connectivity index (χ0v) is 10.3. The molecule has 96 valence electrons. The number of carbonyl (C=O) groups excluding carboxylic acids is 1. The number of rotatable bonds is 3. The number of amides is 1. The van der Waals surface area contributed by atoms with E-state index in [-0.39, 0.29) is 11.6 Å². The van der Waals surface area contributed by atoms with Crippen LogP contribution in [0.15, 0.2) is 30.3 Å². The molecule has 0 bridgehead atoms. The molecule has 1 saturated carbocycles. The number of alkyl carbamates (subject to hydrolysis) is 1. The van der Waals surface area contributed by atoms with Crippen LogP contribution in [0.5, 0.6) is 0 Å². The maximum absolute atomic E-state index is 11.8. The first-order chi connectivity index (χ1) is 8.78. The molecule has 2 aliphatic rings. The van der Waals surface area contributed by atoms with E-state index in [1.54, 1.807) is 0 Å². The van der Waals surface area contributed by atoms with Gasteiger partial charge in [-0.2, -0.15) is 0 Å². The van der Waals surface area contributed by atoms with Crippen LogP contribution in [0.1, 0.15) is 18.4 Å². The van der Waals surface area contributed by atoms with E-state index in [1.165, 1.54) is 0 Å². The van der Waals surface area contributed by atoms with Crippen LogP contribution >= 0.6 is 0 Å². The summed E-state index contributed by atoms with van der Waals surface area (Å²) in [4.78, 5) is 11.8. The average Bonchev–Trinajstić information content (AvgIpc) is 3.11. The summed E-state index contributed by atoms with van der Waals surface area (Å²) in [6.45, 7) is 2.27. The first kappa shape index (κ1) is 11.5. The SMILES string of the molecule is O=C(NC12CNCCC1C2)OCc1ccccc1. The van der Waals surface area contributed by atoms with Crippen LogP contribution in [0.3, 0.4) is 0 Å². The Labute approximate surface area is 107 Å². The van der Waals surface area contributed by atoms with Gasteiger partial charge in [0, 0.05) is 6.54 Å². The van der Waals surface area contributed by atoms with Crippen LogP contribution < -0.4 is 10.6 Å². The van der Waals surface area contributed by atoms with Gasteiger partial charge in [-0.3, -0.25) is 0 Å². The number of piperidine rings is 1. The van der Waals surface area contributed by atoms with E-state index in [0.717, 1.165) is 31.5 Å². The van der Waals surface area contributed by atoms with Gasteiger partial charge in [-0.25, -0.2) is 4.79 Å². The molecule has 4 nitrogen and oxygen atoms in total. The second-order valence-electron chi connectivity index (χ2n) is 5.21. The number of hydrogen-bond donors (Lipinski definition) is 2. The first-order valence-corrected chi connectivity index (χ1v) is 6.48. The van der Waals surface area contributed by atoms with Gasteiger partial charge in [0.2, 0.25) is 0 Å². The zero-order valence-electron chi connectivity index (χ0n) is 10.3. The van der Waals surface area contributed by atoms with Crippen LogP contribution in [-0.2, 0) is 11.3 Å². The second kappa shape index (κ2) is 4.61. The van der Waals surface area contributed by atoms with E-state index in [1.807, 2.05) is 30.3 Å². The highest BCUT2D eigenvalue weighted by molar-refractivity contribution is 5.69. The van der Waals surface area contributed by atoms with Gasteiger partial charge in [0.05, 0.1) is 5.54 Å². The van der Waals surface area contributed by atoms with Gasteiger partial charge >= 0.3 is 6.09 Å².